The van der Waals surface area contributed by atoms with Crippen LogP contribution in [0, 0.1) is 0 Å². The van der Waals surface area contributed by atoms with Gasteiger partial charge in [0.2, 0.25) is 0 Å². The Labute approximate surface area is 131 Å². The number of carboxylic acid groups (broad SMARTS) is 1. The van der Waals surface area contributed by atoms with E-state index in [1.54, 1.807) is 6.92 Å². The monoisotopic (exact) mass is 317 g/mol. The Bertz CT molecular complexity index is 369. The lowest BCUT2D eigenvalue weighted by Gasteiger charge is -2.21. The maximum absolute atomic E-state index is 11.3. The van der Waals surface area contributed by atoms with Crippen molar-refractivity contribution in [3.05, 3.63) is 12.2 Å². The predicted octanol–water partition coefficient (Wildman–Crippen LogP) is 0.931. The van der Waals surface area contributed by atoms with Gasteiger partial charge in [0, 0.05) is 18.7 Å². The van der Waals surface area contributed by atoms with Crippen molar-refractivity contribution in [3.8, 4) is 0 Å². The van der Waals surface area contributed by atoms with E-state index in [0.717, 1.165) is 18.7 Å². The molecule has 128 valence electrons. The molecular formula is C15H27NO6. The largest absolute Gasteiger partial charge is 0.478 e. The van der Waals surface area contributed by atoms with Crippen LogP contribution in [0.25, 0.3) is 0 Å². The molecule has 0 rings (SSSR count). The van der Waals surface area contributed by atoms with Crippen molar-refractivity contribution in [1.29, 1.82) is 0 Å². The highest BCUT2D eigenvalue weighted by Gasteiger charge is 2.12. The second-order valence-electron chi connectivity index (χ2n) is 5.47. The summed E-state index contributed by atoms with van der Waals surface area (Å²) in [5.74, 6) is -1.90. The van der Waals surface area contributed by atoms with E-state index in [2.05, 4.69) is 0 Å². The first-order chi connectivity index (χ1) is 10.2. The molecule has 0 heterocycles. The van der Waals surface area contributed by atoms with E-state index < -0.39 is 18.0 Å². The van der Waals surface area contributed by atoms with Crippen LogP contribution in [0.5, 0.6) is 0 Å². The SMILES string of the molecule is CC(COC(C)CN(C)C)OCC(C)OC(=O)/C=C\C(=O)O. The Morgan fingerprint density at radius 2 is 1.55 bits per heavy atom. The molecule has 3 atom stereocenters. The molecule has 0 aliphatic carbocycles. The Kier molecular flexibility index (Phi) is 10.4. The zero-order valence-corrected chi connectivity index (χ0v) is 13.9. The molecular weight excluding hydrogens is 290 g/mol. The van der Waals surface area contributed by atoms with Crippen LogP contribution in [0.15, 0.2) is 12.2 Å². The lowest BCUT2D eigenvalue weighted by molar-refractivity contribution is -0.147. The number of hydrogen-bond donors (Lipinski definition) is 1. The Morgan fingerprint density at radius 1 is 1.00 bits per heavy atom. The number of hydrogen-bond acceptors (Lipinski definition) is 6. The van der Waals surface area contributed by atoms with Gasteiger partial charge in [-0.2, -0.15) is 0 Å². The van der Waals surface area contributed by atoms with E-state index >= 15 is 0 Å². The number of carboxylic acids is 1. The topological polar surface area (TPSA) is 85.3 Å². The van der Waals surface area contributed by atoms with Crippen LogP contribution < -0.4 is 0 Å². The van der Waals surface area contributed by atoms with Crippen LogP contribution in [-0.4, -0.2) is 74.1 Å². The first-order valence-corrected chi connectivity index (χ1v) is 7.20. The summed E-state index contributed by atoms with van der Waals surface area (Å²) in [5, 5.41) is 8.39. The zero-order valence-electron chi connectivity index (χ0n) is 13.9. The van der Waals surface area contributed by atoms with Gasteiger partial charge in [0.25, 0.3) is 0 Å². The fourth-order valence-electron chi connectivity index (χ4n) is 1.63. The van der Waals surface area contributed by atoms with Gasteiger partial charge in [-0.05, 0) is 34.9 Å². The molecule has 0 bridgehead atoms. The van der Waals surface area contributed by atoms with E-state index in [9.17, 15) is 9.59 Å². The predicted molar refractivity (Wildman–Crippen MR) is 81.7 cm³/mol. The molecule has 0 amide bonds. The molecule has 7 heteroatoms. The van der Waals surface area contributed by atoms with Gasteiger partial charge < -0.3 is 24.2 Å². The van der Waals surface area contributed by atoms with Gasteiger partial charge >= 0.3 is 11.9 Å². The molecule has 3 unspecified atom stereocenters. The van der Waals surface area contributed by atoms with Crippen molar-refractivity contribution >= 4 is 11.9 Å². The van der Waals surface area contributed by atoms with Gasteiger partial charge in [-0.25, -0.2) is 9.59 Å². The fraction of sp³-hybridized carbons (Fsp3) is 0.733. The molecule has 0 spiro atoms. The van der Waals surface area contributed by atoms with Crippen molar-refractivity contribution in [1.82, 2.24) is 4.90 Å². The van der Waals surface area contributed by atoms with Gasteiger partial charge in [-0.1, -0.05) is 0 Å². The molecule has 0 aliphatic rings. The maximum atomic E-state index is 11.3. The zero-order chi connectivity index (χ0) is 17.1. The molecule has 0 aliphatic heterocycles. The molecule has 0 saturated carbocycles. The first-order valence-electron chi connectivity index (χ1n) is 7.20. The lowest BCUT2D eigenvalue weighted by atomic mass is 10.3. The molecule has 0 aromatic heterocycles. The van der Waals surface area contributed by atoms with Crippen molar-refractivity contribution in [2.75, 3.05) is 33.9 Å². The highest BCUT2D eigenvalue weighted by molar-refractivity contribution is 5.90. The number of carbonyl (C=O) groups is 2. The van der Waals surface area contributed by atoms with Gasteiger partial charge in [0.15, 0.2) is 0 Å². The Hall–Kier alpha value is -1.44. The van der Waals surface area contributed by atoms with Crippen LogP contribution >= 0.6 is 0 Å². The second kappa shape index (κ2) is 11.2. The molecule has 7 nitrogen and oxygen atoms in total. The minimum absolute atomic E-state index is 0.109. The van der Waals surface area contributed by atoms with Crippen LogP contribution in [-0.2, 0) is 23.8 Å². The van der Waals surface area contributed by atoms with Gasteiger partial charge in [0.05, 0.1) is 25.4 Å². The van der Waals surface area contributed by atoms with Gasteiger partial charge in [-0.3, -0.25) is 0 Å². The van der Waals surface area contributed by atoms with E-state index in [1.807, 2.05) is 32.8 Å². The average Bonchev–Trinajstić information content (AvgIpc) is 2.40. The number of esters is 1. The third-order valence-electron chi connectivity index (χ3n) is 2.53. The second-order valence-corrected chi connectivity index (χ2v) is 5.47. The van der Waals surface area contributed by atoms with E-state index in [4.69, 9.17) is 19.3 Å². The van der Waals surface area contributed by atoms with Crippen molar-refractivity contribution < 1.29 is 28.9 Å². The minimum Gasteiger partial charge on any atom is -0.478 e. The number of aliphatic carboxylic acids is 1. The van der Waals surface area contributed by atoms with Crippen LogP contribution in [0.4, 0.5) is 0 Å². The average molecular weight is 317 g/mol. The summed E-state index contributed by atoms with van der Waals surface area (Å²) in [4.78, 5) is 23.6. The third kappa shape index (κ3) is 12.3. The normalized spacial score (nSPS) is 15.7. The van der Waals surface area contributed by atoms with Crippen molar-refractivity contribution in [3.63, 3.8) is 0 Å². The molecule has 0 fully saturated rings. The van der Waals surface area contributed by atoms with Crippen molar-refractivity contribution in [2.45, 2.75) is 39.1 Å². The summed E-state index contributed by atoms with van der Waals surface area (Å²) >= 11 is 0. The summed E-state index contributed by atoms with van der Waals surface area (Å²) in [5.41, 5.74) is 0. The smallest absolute Gasteiger partial charge is 0.331 e. The van der Waals surface area contributed by atoms with Crippen molar-refractivity contribution in [2.24, 2.45) is 0 Å². The van der Waals surface area contributed by atoms with E-state index in [0.29, 0.717) is 6.61 Å². The molecule has 0 aromatic rings. The molecule has 0 radical (unpaired) electrons. The summed E-state index contributed by atoms with van der Waals surface area (Å²) < 4.78 is 16.1. The number of nitrogens with zero attached hydrogens (tertiary/aromatic N) is 1. The molecule has 0 saturated heterocycles. The lowest BCUT2D eigenvalue weighted by Crippen LogP contribution is -2.30. The van der Waals surface area contributed by atoms with Gasteiger partial charge in [0.1, 0.15) is 6.10 Å². The molecule has 0 aromatic carbocycles. The summed E-state index contributed by atoms with van der Waals surface area (Å²) in [7, 11) is 3.96. The Morgan fingerprint density at radius 3 is 2.09 bits per heavy atom. The summed E-state index contributed by atoms with van der Waals surface area (Å²) in [6, 6.07) is 0. The standard InChI is InChI=1S/C15H27NO6/c1-11(8-16(4)5)20-9-12(2)21-10-13(3)22-15(19)7-6-14(17)18/h6-7,11-13H,8-10H2,1-5H3,(H,17,18)/b7-6-. The number of ether oxygens (including phenoxy) is 3. The molecule has 1 N–H and O–H groups in total. The number of carbonyl (C=O) groups excluding carboxylic acids is 1. The summed E-state index contributed by atoms with van der Waals surface area (Å²) in [6.07, 6.45) is 1.12. The quantitative estimate of drug-likeness (QED) is 0.448. The highest BCUT2D eigenvalue weighted by atomic mass is 16.6. The Balaban J connectivity index is 3.87. The maximum Gasteiger partial charge on any atom is 0.331 e. The first kappa shape index (κ1) is 20.6. The minimum atomic E-state index is -1.20. The third-order valence-corrected chi connectivity index (χ3v) is 2.53. The van der Waals surface area contributed by atoms with Crippen LogP contribution in [0.2, 0.25) is 0 Å². The van der Waals surface area contributed by atoms with Crippen LogP contribution in [0.1, 0.15) is 20.8 Å². The number of likely N-dealkylation sites (N-methyl/N-ethyl adjacent to an activating group) is 1. The van der Waals surface area contributed by atoms with E-state index in [1.165, 1.54) is 0 Å². The van der Waals surface area contributed by atoms with E-state index in [-0.39, 0.29) is 18.8 Å². The van der Waals surface area contributed by atoms with Gasteiger partial charge in [-0.15, -0.1) is 0 Å². The number of rotatable bonds is 11. The summed E-state index contributed by atoms with van der Waals surface area (Å²) in [6.45, 7) is 7.05. The van der Waals surface area contributed by atoms with Crippen LogP contribution in [0.3, 0.4) is 0 Å². The molecule has 22 heavy (non-hydrogen) atoms. The highest BCUT2D eigenvalue weighted by Crippen LogP contribution is 2.01. The fourth-order valence-corrected chi connectivity index (χ4v) is 1.63.